The third-order valence-corrected chi connectivity index (χ3v) is 4.29. The van der Waals surface area contributed by atoms with Crippen LogP contribution in [0, 0.1) is 5.92 Å². The first-order valence-electron chi connectivity index (χ1n) is 7.09. The Balaban J connectivity index is 1.90. The molecule has 0 aromatic carbocycles. The van der Waals surface area contributed by atoms with Crippen molar-refractivity contribution in [3.05, 3.63) is 5.56 Å². The Labute approximate surface area is 113 Å². The topological polar surface area (TPSA) is 93.1 Å². The van der Waals surface area contributed by atoms with Crippen molar-refractivity contribution in [2.24, 2.45) is 5.92 Å². The number of fused-ring (bicyclic) bond motifs is 1. The van der Waals surface area contributed by atoms with E-state index in [1.807, 2.05) is 0 Å². The van der Waals surface area contributed by atoms with Crippen LogP contribution >= 0.6 is 0 Å². The average molecular weight is 262 g/mol. The van der Waals surface area contributed by atoms with Gasteiger partial charge in [-0.25, -0.2) is 0 Å². The largest absolute Gasteiger partial charge is 0.383 e. The molecule has 6 nitrogen and oxygen atoms in total. The van der Waals surface area contributed by atoms with E-state index in [1.54, 1.807) is 0 Å². The number of anilines is 3. The Hall–Kier alpha value is -1.56. The number of nitrogens with one attached hydrogen (secondary N) is 1. The average Bonchev–Trinajstić information content (AvgIpc) is 2.81. The zero-order valence-corrected chi connectivity index (χ0v) is 11.4. The van der Waals surface area contributed by atoms with Crippen molar-refractivity contribution >= 4 is 17.6 Å². The molecule has 3 rings (SSSR count). The standard InChI is InChI=1S/C13H22N6/c1-2-9-11(14)17-13(15)18-12(9)19-6-8-4-3-5-16-10(8)7-19/h8,10,16H,2-7H2,1H3,(H4,14,15,17,18)/t8-,10+/m1/s1. The first-order valence-corrected chi connectivity index (χ1v) is 7.09. The number of rotatable bonds is 2. The maximum atomic E-state index is 5.97. The maximum absolute atomic E-state index is 5.97. The molecule has 2 atom stereocenters. The summed E-state index contributed by atoms with van der Waals surface area (Å²) in [6, 6.07) is 0.580. The van der Waals surface area contributed by atoms with Crippen molar-refractivity contribution in [2.75, 3.05) is 36.0 Å². The fourth-order valence-corrected chi connectivity index (χ4v) is 3.33. The number of aromatic nitrogens is 2. The van der Waals surface area contributed by atoms with Crippen LogP contribution in [0.4, 0.5) is 17.6 Å². The van der Waals surface area contributed by atoms with E-state index in [0.717, 1.165) is 43.4 Å². The number of hydrogen-bond donors (Lipinski definition) is 3. The molecule has 6 heteroatoms. The number of nitrogens with zero attached hydrogens (tertiary/aromatic N) is 3. The molecule has 1 aromatic heterocycles. The van der Waals surface area contributed by atoms with Gasteiger partial charge in [-0.3, -0.25) is 0 Å². The SMILES string of the molecule is CCc1c(N)nc(N)nc1N1C[C@H]2CCCN[C@H]2C1. The third-order valence-electron chi connectivity index (χ3n) is 4.29. The van der Waals surface area contributed by atoms with Crippen molar-refractivity contribution in [1.29, 1.82) is 0 Å². The zero-order valence-electron chi connectivity index (χ0n) is 11.4. The van der Waals surface area contributed by atoms with Gasteiger partial charge in [0.15, 0.2) is 0 Å². The second-order valence-corrected chi connectivity index (χ2v) is 5.49. The summed E-state index contributed by atoms with van der Waals surface area (Å²) >= 11 is 0. The first kappa shape index (κ1) is 12.5. The van der Waals surface area contributed by atoms with Crippen LogP contribution in [0.25, 0.3) is 0 Å². The van der Waals surface area contributed by atoms with Gasteiger partial charge >= 0.3 is 0 Å². The number of hydrogen-bond acceptors (Lipinski definition) is 6. The van der Waals surface area contributed by atoms with Gasteiger partial charge in [-0.05, 0) is 31.7 Å². The van der Waals surface area contributed by atoms with E-state index in [2.05, 4.69) is 27.1 Å². The highest BCUT2D eigenvalue weighted by atomic mass is 15.3. The molecule has 0 radical (unpaired) electrons. The zero-order chi connectivity index (χ0) is 13.4. The fraction of sp³-hybridized carbons (Fsp3) is 0.692. The first-order chi connectivity index (χ1) is 9.19. The molecule has 0 saturated carbocycles. The minimum absolute atomic E-state index is 0.271. The predicted molar refractivity (Wildman–Crippen MR) is 77.0 cm³/mol. The summed E-state index contributed by atoms with van der Waals surface area (Å²) in [5.74, 6) is 2.44. The van der Waals surface area contributed by atoms with E-state index in [1.165, 1.54) is 12.8 Å². The van der Waals surface area contributed by atoms with Crippen molar-refractivity contribution < 1.29 is 0 Å². The Morgan fingerprint density at radius 1 is 1.32 bits per heavy atom. The van der Waals surface area contributed by atoms with Crippen molar-refractivity contribution in [3.8, 4) is 0 Å². The molecule has 0 aliphatic carbocycles. The van der Waals surface area contributed by atoms with Crippen LogP contribution in [0.15, 0.2) is 0 Å². The maximum Gasteiger partial charge on any atom is 0.223 e. The van der Waals surface area contributed by atoms with E-state index >= 15 is 0 Å². The highest BCUT2D eigenvalue weighted by molar-refractivity contribution is 5.60. The summed E-state index contributed by atoms with van der Waals surface area (Å²) in [5.41, 5.74) is 12.7. The monoisotopic (exact) mass is 262 g/mol. The molecule has 2 aliphatic rings. The van der Waals surface area contributed by atoms with E-state index in [0.29, 0.717) is 11.9 Å². The van der Waals surface area contributed by atoms with Gasteiger partial charge in [0.25, 0.3) is 0 Å². The molecule has 2 aliphatic heterocycles. The van der Waals surface area contributed by atoms with Crippen molar-refractivity contribution in [3.63, 3.8) is 0 Å². The van der Waals surface area contributed by atoms with E-state index in [9.17, 15) is 0 Å². The Kier molecular flexibility index (Phi) is 3.18. The molecule has 0 bridgehead atoms. The second kappa shape index (κ2) is 4.85. The van der Waals surface area contributed by atoms with E-state index < -0.39 is 0 Å². The Morgan fingerprint density at radius 2 is 2.16 bits per heavy atom. The summed E-state index contributed by atoms with van der Waals surface area (Å²) in [5, 5.41) is 3.60. The summed E-state index contributed by atoms with van der Waals surface area (Å²) < 4.78 is 0. The van der Waals surface area contributed by atoms with Gasteiger partial charge in [0, 0.05) is 24.7 Å². The molecular weight excluding hydrogens is 240 g/mol. The molecule has 0 unspecified atom stereocenters. The highest BCUT2D eigenvalue weighted by Gasteiger charge is 2.35. The van der Waals surface area contributed by atoms with E-state index in [4.69, 9.17) is 11.5 Å². The molecule has 104 valence electrons. The highest BCUT2D eigenvalue weighted by Crippen LogP contribution is 2.32. The van der Waals surface area contributed by atoms with Crippen LogP contribution in [0.2, 0.25) is 0 Å². The summed E-state index contributed by atoms with van der Waals surface area (Å²) in [4.78, 5) is 10.8. The van der Waals surface area contributed by atoms with Gasteiger partial charge in [-0.15, -0.1) is 0 Å². The molecule has 0 spiro atoms. The quantitative estimate of drug-likeness (QED) is 0.714. The lowest BCUT2D eigenvalue weighted by Crippen LogP contribution is -2.40. The predicted octanol–water partition coefficient (Wildman–Crippen LogP) is 0.392. The molecule has 0 amide bonds. The second-order valence-electron chi connectivity index (χ2n) is 5.49. The van der Waals surface area contributed by atoms with Gasteiger partial charge in [0.2, 0.25) is 5.95 Å². The number of nitrogen functional groups attached to an aromatic ring is 2. The minimum Gasteiger partial charge on any atom is -0.383 e. The lowest BCUT2D eigenvalue weighted by molar-refractivity contribution is 0.340. The van der Waals surface area contributed by atoms with Gasteiger partial charge < -0.3 is 21.7 Å². The van der Waals surface area contributed by atoms with Gasteiger partial charge in [-0.2, -0.15) is 9.97 Å². The van der Waals surface area contributed by atoms with Crippen LogP contribution < -0.4 is 21.7 Å². The fourth-order valence-electron chi connectivity index (χ4n) is 3.33. The van der Waals surface area contributed by atoms with Crippen LogP contribution in [0.3, 0.4) is 0 Å². The smallest absolute Gasteiger partial charge is 0.223 e. The van der Waals surface area contributed by atoms with Crippen LogP contribution in [-0.2, 0) is 6.42 Å². The summed E-state index contributed by atoms with van der Waals surface area (Å²) in [7, 11) is 0. The van der Waals surface area contributed by atoms with Gasteiger partial charge in [0.05, 0.1) is 0 Å². The molecule has 1 aromatic rings. The van der Waals surface area contributed by atoms with Crippen molar-refractivity contribution in [2.45, 2.75) is 32.2 Å². The van der Waals surface area contributed by atoms with Gasteiger partial charge in [0.1, 0.15) is 11.6 Å². The molecule has 19 heavy (non-hydrogen) atoms. The van der Waals surface area contributed by atoms with E-state index in [-0.39, 0.29) is 5.95 Å². The molecule has 2 saturated heterocycles. The molecule has 5 N–H and O–H groups in total. The Morgan fingerprint density at radius 3 is 2.89 bits per heavy atom. The molecule has 2 fully saturated rings. The van der Waals surface area contributed by atoms with Crippen LogP contribution in [-0.4, -0.2) is 35.6 Å². The van der Waals surface area contributed by atoms with Crippen LogP contribution in [0.5, 0.6) is 0 Å². The third kappa shape index (κ3) is 2.20. The molecule has 3 heterocycles. The Bertz CT molecular complexity index is 460. The summed E-state index contributed by atoms with van der Waals surface area (Å²) in [6.07, 6.45) is 3.40. The summed E-state index contributed by atoms with van der Waals surface area (Å²) in [6.45, 7) is 5.24. The lowest BCUT2D eigenvalue weighted by atomic mass is 9.94. The van der Waals surface area contributed by atoms with Crippen LogP contribution in [0.1, 0.15) is 25.3 Å². The molecular formula is C13H22N6. The lowest BCUT2D eigenvalue weighted by Gasteiger charge is -2.24. The number of piperidine rings is 1. The number of nitrogens with two attached hydrogens (primary N) is 2. The minimum atomic E-state index is 0.271. The van der Waals surface area contributed by atoms with Gasteiger partial charge in [-0.1, -0.05) is 6.92 Å². The normalized spacial score (nSPS) is 26.5. The van der Waals surface area contributed by atoms with Crippen molar-refractivity contribution in [1.82, 2.24) is 15.3 Å².